The molecule has 120 valence electrons. The number of nitrogens with zero attached hydrogens (tertiary/aromatic N) is 1. The Morgan fingerprint density at radius 3 is 2.43 bits per heavy atom. The zero-order valence-corrected chi connectivity index (χ0v) is 13.0. The first-order valence-corrected chi connectivity index (χ1v) is 8.27. The lowest BCUT2D eigenvalue weighted by atomic mass is 10.2. The first-order valence-electron chi connectivity index (χ1n) is 6.62. The second kappa shape index (κ2) is 6.57. The molecule has 1 amide bonds. The molecule has 0 aromatic heterocycles. The summed E-state index contributed by atoms with van der Waals surface area (Å²) < 4.78 is 24.3. The summed E-state index contributed by atoms with van der Waals surface area (Å²) in [6.45, 7) is 1.82. The topological polar surface area (TPSA) is 106 Å². The number of carbonyl (C=O) groups excluding carboxylic acids is 1. The summed E-state index contributed by atoms with van der Waals surface area (Å²) in [5.74, 6) is -1.50. The number of nitrogens with one attached hydrogen (secondary N) is 1. The average molecular weight is 334 g/mol. The first-order chi connectivity index (χ1) is 10.8. The quantitative estimate of drug-likeness (QED) is 0.667. The van der Waals surface area contributed by atoms with Gasteiger partial charge in [-0.25, -0.2) is 8.42 Å². The molecule has 0 saturated carbocycles. The number of non-ortho nitro benzene ring substituents is 1. The van der Waals surface area contributed by atoms with Gasteiger partial charge in [0.15, 0.2) is 9.84 Å². The van der Waals surface area contributed by atoms with Crippen molar-refractivity contribution in [3.8, 4) is 0 Å². The van der Waals surface area contributed by atoms with Crippen LogP contribution in [-0.2, 0) is 14.6 Å². The van der Waals surface area contributed by atoms with E-state index in [1.165, 1.54) is 30.3 Å². The third-order valence-corrected chi connectivity index (χ3v) is 4.67. The molecule has 0 aliphatic heterocycles. The van der Waals surface area contributed by atoms with Gasteiger partial charge in [-0.3, -0.25) is 14.9 Å². The summed E-state index contributed by atoms with van der Waals surface area (Å²) in [5.41, 5.74) is 0.887. The molecule has 2 aromatic carbocycles. The minimum Gasteiger partial charge on any atom is -0.325 e. The van der Waals surface area contributed by atoms with E-state index in [9.17, 15) is 23.3 Å². The monoisotopic (exact) mass is 334 g/mol. The highest BCUT2D eigenvalue weighted by atomic mass is 32.2. The van der Waals surface area contributed by atoms with Gasteiger partial charge in [-0.15, -0.1) is 0 Å². The lowest BCUT2D eigenvalue weighted by Crippen LogP contribution is -2.23. The number of amides is 1. The van der Waals surface area contributed by atoms with Crippen LogP contribution in [0.3, 0.4) is 0 Å². The summed E-state index contributed by atoms with van der Waals surface area (Å²) >= 11 is 0. The van der Waals surface area contributed by atoms with E-state index >= 15 is 0 Å². The molecule has 8 heteroatoms. The van der Waals surface area contributed by atoms with E-state index in [1.807, 2.05) is 6.92 Å². The van der Waals surface area contributed by atoms with Gasteiger partial charge in [0, 0.05) is 17.8 Å². The van der Waals surface area contributed by atoms with E-state index in [2.05, 4.69) is 5.32 Å². The van der Waals surface area contributed by atoms with Gasteiger partial charge >= 0.3 is 0 Å². The number of carbonyl (C=O) groups is 1. The number of rotatable bonds is 5. The Morgan fingerprint density at radius 1 is 1.17 bits per heavy atom. The van der Waals surface area contributed by atoms with Crippen LogP contribution in [0.2, 0.25) is 0 Å². The van der Waals surface area contributed by atoms with Crippen LogP contribution < -0.4 is 5.32 Å². The zero-order chi connectivity index (χ0) is 17.0. The Bertz CT molecular complexity index is 844. The highest BCUT2D eigenvalue weighted by Crippen LogP contribution is 2.18. The van der Waals surface area contributed by atoms with Crippen LogP contribution in [0.4, 0.5) is 11.4 Å². The van der Waals surface area contributed by atoms with Gasteiger partial charge in [-0.2, -0.15) is 0 Å². The number of sulfone groups is 1. The van der Waals surface area contributed by atoms with Crippen molar-refractivity contribution in [2.75, 3.05) is 11.1 Å². The minimum absolute atomic E-state index is 0.0530. The SMILES string of the molecule is Cc1ccc(S(=O)(=O)CC(=O)Nc2cccc([N+](=O)[O-])c2)cc1. The molecule has 2 aromatic rings. The smallest absolute Gasteiger partial charge is 0.271 e. The van der Waals surface area contributed by atoms with Crippen molar-refractivity contribution < 1.29 is 18.1 Å². The van der Waals surface area contributed by atoms with Gasteiger partial charge in [-0.05, 0) is 25.1 Å². The fourth-order valence-corrected chi connectivity index (χ4v) is 3.03. The van der Waals surface area contributed by atoms with Crippen LogP contribution in [0.5, 0.6) is 0 Å². The second-order valence-electron chi connectivity index (χ2n) is 4.93. The molecule has 0 heterocycles. The maximum absolute atomic E-state index is 12.2. The van der Waals surface area contributed by atoms with Gasteiger partial charge in [0.1, 0.15) is 5.75 Å². The van der Waals surface area contributed by atoms with E-state index < -0.39 is 26.4 Å². The van der Waals surface area contributed by atoms with Gasteiger partial charge in [0.2, 0.25) is 5.91 Å². The normalized spacial score (nSPS) is 11.0. The third-order valence-electron chi connectivity index (χ3n) is 3.04. The van der Waals surface area contributed by atoms with E-state index in [0.717, 1.165) is 11.6 Å². The first kappa shape index (κ1) is 16.6. The van der Waals surface area contributed by atoms with Crippen molar-refractivity contribution in [2.24, 2.45) is 0 Å². The lowest BCUT2D eigenvalue weighted by Gasteiger charge is -2.07. The standard InChI is InChI=1S/C15H14N2O5S/c1-11-5-7-14(8-6-11)23(21,22)10-15(18)16-12-3-2-4-13(9-12)17(19)20/h2-9H,10H2,1H3,(H,16,18). The molecule has 0 bridgehead atoms. The second-order valence-corrected chi connectivity index (χ2v) is 6.92. The van der Waals surface area contributed by atoms with Crippen LogP contribution in [0.1, 0.15) is 5.56 Å². The number of aryl methyl sites for hydroxylation is 1. The summed E-state index contributed by atoms with van der Waals surface area (Å²) in [5, 5.41) is 13.0. The molecule has 0 radical (unpaired) electrons. The van der Waals surface area contributed by atoms with Crippen LogP contribution >= 0.6 is 0 Å². The molecule has 0 aliphatic carbocycles. The number of hydrogen-bond donors (Lipinski definition) is 1. The Morgan fingerprint density at radius 2 is 1.83 bits per heavy atom. The Hall–Kier alpha value is -2.74. The van der Waals surface area contributed by atoms with E-state index in [4.69, 9.17) is 0 Å². The third kappa shape index (κ3) is 4.36. The van der Waals surface area contributed by atoms with E-state index in [-0.39, 0.29) is 16.3 Å². The molecule has 0 aliphatic rings. The Kier molecular flexibility index (Phi) is 4.75. The van der Waals surface area contributed by atoms with Crippen LogP contribution in [-0.4, -0.2) is 25.0 Å². The highest BCUT2D eigenvalue weighted by Gasteiger charge is 2.19. The number of hydrogen-bond acceptors (Lipinski definition) is 5. The summed E-state index contributed by atoms with van der Waals surface area (Å²) in [6, 6.07) is 11.5. The lowest BCUT2D eigenvalue weighted by molar-refractivity contribution is -0.384. The summed E-state index contributed by atoms with van der Waals surface area (Å²) in [4.78, 5) is 22.0. The molecule has 23 heavy (non-hydrogen) atoms. The highest BCUT2D eigenvalue weighted by molar-refractivity contribution is 7.92. The molecule has 1 N–H and O–H groups in total. The van der Waals surface area contributed by atoms with Crippen molar-refractivity contribution >= 4 is 27.1 Å². The number of anilines is 1. The van der Waals surface area contributed by atoms with Crippen LogP contribution in [0, 0.1) is 17.0 Å². The predicted octanol–water partition coefficient (Wildman–Crippen LogP) is 2.32. The average Bonchev–Trinajstić information content (AvgIpc) is 2.47. The largest absolute Gasteiger partial charge is 0.325 e. The number of nitro benzene ring substituents is 1. The maximum Gasteiger partial charge on any atom is 0.271 e. The van der Waals surface area contributed by atoms with Gasteiger partial charge < -0.3 is 5.32 Å². The number of nitro groups is 1. The van der Waals surface area contributed by atoms with Gasteiger partial charge in [0.25, 0.3) is 5.69 Å². The van der Waals surface area contributed by atoms with Crippen molar-refractivity contribution in [3.05, 3.63) is 64.2 Å². The van der Waals surface area contributed by atoms with Crippen molar-refractivity contribution in [3.63, 3.8) is 0 Å². The van der Waals surface area contributed by atoms with E-state index in [1.54, 1.807) is 12.1 Å². The van der Waals surface area contributed by atoms with Gasteiger partial charge in [0.05, 0.1) is 9.82 Å². The molecule has 0 fully saturated rings. The Labute approximate surface area is 133 Å². The van der Waals surface area contributed by atoms with Crippen molar-refractivity contribution in [1.29, 1.82) is 0 Å². The molecule has 0 saturated heterocycles. The summed E-state index contributed by atoms with van der Waals surface area (Å²) in [7, 11) is -3.77. The van der Waals surface area contributed by atoms with Crippen molar-refractivity contribution in [2.45, 2.75) is 11.8 Å². The molecule has 0 spiro atoms. The number of benzene rings is 2. The molecule has 2 rings (SSSR count). The fourth-order valence-electron chi connectivity index (χ4n) is 1.90. The summed E-state index contributed by atoms with van der Waals surface area (Å²) in [6.07, 6.45) is 0. The minimum atomic E-state index is -3.77. The Balaban J connectivity index is 2.11. The van der Waals surface area contributed by atoms with Crippen molar-refractivity contribution in [1.82, 2.24) is 0 Å². The zero-order valence-electron chi connectivity index (χ0n) is 12.2. The van der Waals surface area contributed by atoms with E-state index in [0.29, 0.717) is 0 Å². The maximum atomic E-state index is 12.2. The molecular weight excluding hydrogens is 320 g/mol. The van der Waals surface area contributed by atoms with Gasteiger partial charge in [-0.1, -0.05) is 23.8 Å². The molecule has 0 unspecified atom stereocenters. The van der Waals surface area contributed by atoms with Crippen LogP contribution in [0.25, 0.3) is 0 Å². The molecular formula is C15H14N2O5S. The molecule has 0 atom stereocenters. The molecule has 7 nitrogen and oxygen atoms in total. The predicted molar refractivity (Wildman–Crippen MR) is 85.0 cm³/mol. The van der Waals surface area contributed by atoms with Crippen LogP contribution in [0.15, 0.2) is 53.4 Å². The fraction of sp³-hybridized carbons (Fsp3) is 0.133.